The standard InChI is InChI=1S/C27H21N3O2S2/c31-26(18-33-27-29-23-13-4-6-15-25(23)34-27)30-28-16-20-9-2-5-14-24(20)32-17-21-11-7-10-19-8-1-3-12-22(19)21/h1-16H,17-18H2,(H,30,31)/b28-16-. The number of benzene rings is 4. The van der Waals surface area contributed by atoms with E-state index in [4.69, 9.17) is 4.74 Å². The van der Waals surface area contributed by atoms with Gasteiger partial charge in [0.25, 0.3) is 5.91 Å². The SMILES string of the molecule is O=C(CSc1nc2ccccc2s1)N/N=C\c1ccccc1OCc1cccc2ccccc12. The molecule has 168 valence electrons. The minimum absolute atomic E-state index is 0.185. The highest BCUT2D eigenvalue weighted by Crippen LogP contribution is 2.29. The monoisotopic (exact) mass is 483 g/mol. The van der Waals surface area contributed by atoms with Crippen molar-refractivity contribution in [3.05, 3.63) is 102 Å². The molecule has 0 spiro atoms. The third-order valence-corrected chi connectivity index (χ3v) is 7.36. The zero-order chi connectivity index (χ0) is 23.2. The van der Waals surface area contributed by atoms with E-state index in [2.05, 4.69) is 39.8 Å². The molecule has 1 N–H and O–H groups in total. The lowest BCUT2D eigenvalue weighted by Crippen LogP contribution is -2.19. The fraction of sp³-hybridized carbons (Fsp3) is 0.0741. The highest BCUT2D eigenvalue weighted by molar-refractivity contribution is 8.01. The number of hydrogen-bond donors (Lipinski definition) is 1. The molecule has 0 unspecified atom stereocenters. The van der Waals surface area contributed by atoms with Gasteiger partial charge in [-0.15, -0.1) is 11.3 Å². The van der Waals surface area contributed by atoms with Gasteiger partial charge in [-0.3, -0.25) is 4.79 Å². The molecule has 4 aromatic carbocycles. The number of fused-ring (bicyclic) bond motifs is 2. The van der Waals surface area contributed by atoms with Crippen molar-refractivity contribution in [3.63, 3.8) is 0 Å². The second-order valence-electron chi connectivity index (χ2n) is 7.49. The van der Waals surface area contributed by atoms with Crippen molar-refractivity contribution >= 4 is 56.2 Å². The lowest BCUT2D eigenvalue weighted by atomic mass is 10.1. The number of carbonyl (C=O) groups is 1. The van der Waals surface area contributed by atoms with Crippen LogP contribution in [0.3, 0.4) is 0 Å². The van der Waals surface area contributed by atoms with E-state index in [9.17, 15) is 4.79 Å². The number of carbonyl (C=O) groups excluding carboxylic acids is 1. The minimum Gasteiger partial charge on any atom is -0.488 e. The lowest BCUT2D eigenvalue weighted by Gasteiger charge is -2.11. The first-order chi connectivity index (χ1) is 16.8. The number of hydrazone groups is 1. The van der Waals surface area contributed by atoms with E-state index in [1.165, 1.54) is 22.5 Å². The number of ether oxygens (including phenoxy) is 1. The molecule has 0 aliphatic heterocycles. The van der Waals surface area contributed by atoms with Crippen molar-refractivity contribution < 1.29 is 9.53 Å². The third kappa shape index (κ3) is 5.27. The summed E-state index contributed by atoms with van der Waals surface area (Å²) < 4.78 is 8.09. The average molecular weight is 484 g/mol. The average Bonchev–Trinajstić information content (AvgIpc) is 3.30. The van der Waals surface area contributed by atoms with E-state index >= 15 is 0 Å². The molecule has 0 atom stereocenters. The van der Waals surface area contributed by atoms with Gasteiger partial charge in [-0.2, -0.15) is 5.10 Å². The summed E-state index contributed by atoms with van der Waals surface area (Å²) in [5.41, 5.74) is 5.45. The van der Waals surface area contributed by atoms with Gasteiger partial charge < -0.3 is 4.74 Å². The van der Waals surface area contributed by atoms with Crippen LogP contribution in [0.15, 0.2) is 100 Å². The fourth-order valence-corrected chi connectivity index (χ4v) is 5.40. The molecule has 1 heterocycles. The Labute approximate surface area is 205 Å². The van der Waals surface area contributed by atoms with E-state index in [1.807, 2.05) is 66.7 Å². The van der Waals surface area contributed by atoms with Crippen molar-refractivity contribution in [1.82, 2.24) is 10.4 Å². The summed E-state index contributed by atoms with van der Waals surface area (Å²) in [6.45, 7) is 0.442. The maximum atomic E-state index is 12.2. The molecular formula is C27H21N3O2S2. The summed E-state index contributed by atoms with van der Waals surface area (Å²) >= 11 is 2.99. The highest BCUT2D eigenvalue weighted by atomic mass is 32.2. The van der Waals surface area contributed by atoms with Gasteiger partial charge in [-0.1, -0.05) is 78.5 Å². The van der Waals surface area contributed by atoms with Crippen LogP contribution >= 0.6 is 23.1 Å². The number of nitrogens with zero attached hydrogens (tertiary/aromatic N) is 2. The van der Waals surface area contributed by atoms with Crippen LogP contribution < -0.4 is 10.2 Å². The Morgan fingerprint density at radius 3 is 2.71 bits per heavy atom. The summed E-state index contributed by atoms with van der Waals surface area (Å²) in [6, 6.07) is 30.1. The van der Waals surface area contributed by atoms with Gasteiger partial charge in [0.15, 0.2) is 4.34 Å². The van der Waals surface area contributed by atoms with Gasteiger partial charge in [0, 0.05) is 5.56 Å². The van der Waals surface area contributed by atoms with Gasteiger partial charge in [0.05, 0.1) is 22.2 Å². The molecule has 1 amide bonds. The molecule has 0 saturated heterocycles. The second-order valence-corrected chi connectivity index (χ2v) is 9.75. The van der Waals surface area contributed by atoms with Crippen LogP contribution in [0.25, 0.3) is 21.0 Å². The number of thiazole rings is 1. The summed E-state index contributed by atoms with van der Waals surface area (Å²) in [6.07, 6.45) is 1.61. The van der Waals surface area contributed by atoms with Crippen LogP contribution in [0.2, 0.25) is 0 Å². The molecule has 0 radical (unpaired) electrons. The maximum absolute atomic E-state index is 12.2. The van der Waals surface area contributed by atoms with Crippen molar-refractivity contribution in [1.29, 1.82) is 0 Å². The molecule has 0 bridgehead atoms. The van der Waals surface area contributed by atoms with Gasteiger partial charge in [0.2, 0.25) is 0 Å². The molecule has 7 heteroatoms. The molecule has 0 fully saturated rings. The van der Waals surface area contributed by atoms with Crippen molar-refractivity contribution in [3.8, 4) is 5.75 Å². The first-order valence-corrected chi connectivity index (χ1v) is 12.6. The maximum Gasteiger partial charge on any atom is 0.250 e. The van der Waals surface area contributed by atoms with Gasteiger partial charge in [-0.25, -0.2) is 10.4 Å². The largest absolute Gasteiger partial charge is 0.488 e. The number of thioether (sulfide) groups is 1. The fourth-order valence-electron chi connectivity index (χ4n) is 3.54. The zero-order valence-electron chi connectivity index (χ0n) is 18.2. The van der Waals surface area contributed by atoms with E-state index in [-0.39, 0.29) is 11.7 Å². The lowest BCUT2D eigenvalue weighted by molar-refractivity contribution is -0.118. The number of para-hydroxylation sites is 2. The summed E-state index contributed by atoms with van der Waals surface area (Å²) in [5.74, 6) is 0.767. The first-order valence-electron chi connectivity index (χ1n) is 10.7. The molecular weight excluding hydrogens is 462 g/mol. The molecule has 0 aliphatic carbocycles. The van der Waals surface area contributed by atoms with Gasteiger partial charge in [0.1, 0.15) is 12.4 Å². The Hall–Kier alpha value is -3.68. The van der Waals surface area contributed by atoms with Crippen molar-refractivity contribution in [2.24, 2.45) is 5.10 Å². The molecule has 1 aromatic heterocycles. The van der Waals surface area contributed by atoms with E-state index in [0.29, 0.717) is 12.4 Å². The highest BCUT2D eigenvalue weighted by Gasteiger charge is 2.08. The summed E-state index contributed by atoms with van der Waals surface area (Å²) in [7, 11) is 0. The molecule has 5 rings (SSSR count). The third-order valence-electron chi connectivity index (χ3n) is 5.18. The topological polar surface area (TPSA) is 63.6 Å². The molecule has 5 nitrogen and oxygen atoms in total. The molecule has 0 aliphatic rings. The summed E-state index contributed by atoms with van der Waals surface area (Å²) in [5, 5.41) is 6.49. The number of amides is 1. The Balaban J connectivity index is 1.18. The Morgan fingerprint density at radius 2 is 1.76 bits per heavy atom. The van der Waals surface area contributed by atoms with Crippen molar-refractivity contribution in [2.45, 2.75) is 10.9 Å². The second kappa shape index (κ2) is 10.5. The van der Waals surface area contributed by atoms with Crippen LogP contribution in [0.4, 0.5) is 0 Å². The minimum atomic E-state index is -0.185. The smallest absolute Gasteiger partial charge is 0.250 e. The van der Waals surface area contributed by atoms with Crippen molar-refractivity contribution in [2.75, 3.05) is 5.75 Å². The molecule has 34 heavy (non-hydrogen) atoms. The Bertz CT molecular complexity index is 1440. The molecule has 0 saturated carbocycles. The van der Waals surface area contributed by atoms with Gasteiger partial charge >= 0.3 is 0 Å². The normalized spacial score (nSPS) is 11.3. The Morgan fingerprint density at radius 1 is 0.971 bits per heavy atom. The predicted octanol–water partition coefficient (Wildman–Crippen LogP) is 6.27. The number of nitrogens with one attached hydrogen (secondary N) is 1. The molecule has 5 aromatic rings. The van der Waals surface area contributed by atoms with Gasteiger partial charge in [-0.05, 0) is 40.6 Å². The number of hydrogen-bond acceptors (Lipinski definition) is 6. The van der Waals surface area contributed by atoms with Crippen LogP contribution in [-0.2, 0) is 11.4 Å². The van der Waals surface area contributed by atoms with Crippen LogP contribution in [0.1, 0.15) is 11.1 Å². The number of rotatable bonds is 8. The first kappa shape index (κ1) is 22.1. The van der Waals surface area contributed by atoms with Crippen LogP contribution in [-0.4, -0.2) is 22.9 Å². The predicted molar refractivity (Wildman–Crippen MR) is 141 cm³/mol. The zero-order valence-corrected chi connectivity index (χ0v) is 19.8. The van der Waals surface area contributed by atoms with E-state index in [1.54, 1.807) is 17.6 Å². The van der Waals surface area contributed by atoms with E-state index in [0.717, 1.165) is 25.7 Å². The van der Waals surface area contributed by atoms with Crippen LogP contribution in [0.5, 0.6) is 5.75 Å². The number of aromatic nitrogens is 1. The quantitative estimate of drug-likeness (QED) is 0.160. The summed E-state index contributed by atoms with van der Waals surface area (Å²) in [4.78, 5) is 16.8. The van der Waals surface area contributed by atoms with E-state index < -0.39 is 0 Å². The van der Waals surface area contributed by atoms with Crippen LogP contribution in [0, 0.1) is 0 Å². The Kier molecular flexibility index (Phi) is 6.84.